The van der Waals surface area contributed by atoms with Crippen LogP contribution in [-0.4, -0.2) is 39.1 Å². The highest BCUT2D eigenvalue weighted by Gasteiger charge is 2.06. The summed E-state index contributed by atoms with van der Waals surface area (Å²) in [5.74, 6) is 0.0998. The summed E-state index contributed by atoms with van der Waals surface area (Å²) in [4.78, 5) is 12.1. The van der Waals surface area contributed by atoms with E-state index in [1.165, 1.54) is 24.4 Å². The zero-order valence-corrected chi connectivity index (χ0v) is 13.5. The number of methoxy groups -OCH3 is 2. The Morgan fingerprint density at radius 1 is 1.42 bits per heavy atom. The number of halogens is 1. The van der Waals surface area contributed by atoms with E-state index in [0.717, 1.165) is 22.5 Å². The Balaban J connectivity index is 2.47. The van der Waals surface area contributed by atoms with E-state index in [1.807, 2.05) is 12.1 Å². The van der Waals surface area contributed by atoms with Crippen molar-refractivity contribution in [1.29, 1.82) is 0 Å². The lowest BCUT2D eigenvalue weighted by Crippen LogP contribution is -2.18. The van der Waals surface area contributed by atoms with E-state index in [0.29, 0.717) is 12.4 Å². The van der Waals surface area contributed by atoms with Gasteiger partial charge in [-0.2, -0.15) is 0 Å². The van der Waals surface area contributed by atoms with Gasteiger partial charge in [0.25, 0.3) is 0 Å². The second-order valence-electron chi connectivity index (χ2n) is 3.80. The van der Waals surface area contributed by atoms with Crippen LogP contribution in [0, 0.1) is 0 Å². The Labute approximate surface area is 126 Å². The number of carbonyl (C=O) groups excluding carboxylic acids is 1. The monoisotopic (exact) mass is 347 g/mol. The van der Waals surface area contributed by atoms with Gasteiger partial charge < -0.3 is 14.8 Å². The molecule has 0 aliphatic heterocycles. The normalized spacial score (nSPS) is 10.5. The predicted molar refractivity (Wildman–Crippen MR) is 80.5 cm³/mol. The molecule has 0 bridgehead atoms. The van der Waals surface area contributed by atoms with Crippen molar-refractivity contribution in [3.05, 3.63) is 28.2 Å². The Hall–Kier alpha value is -0.560. The Morgan fingerprint density at radius 3 is 2.84 bits per heavy atom. The summed E-state index contributed by atoms with van der Waals surface area (Å²) in [6.07, 6.45) is 0. The molecule has 0 radical (unpaired) electrons. The van der Waals surface area contributed by atoms with Gasteiger partial charge in [0.05, 0.1) is 19.5 Å². The number of ether oxygens (including phenoxy) is 2. The van der Waals surface area contributed by atoms with Crippen molar-refractivity contribution in [3.63, 3.8) is 0 Å². The van der Waals surface area contributed by atoms with Crippen LogP contribution in [0.4, 0.5) is 0 Å². The van der Waals surface area contributed by atoms with E-state index < -0.39 is 0 Å². The Bertz CT molecular complexity index is 415. The molecule has 106 valence electrons. The summed E-state index contributed by atoms with van der Waals surface area (Å²) in [7, 11) is 3.08. The molecule has 0 unspecified atom stereocenters. The molecule has 0 aliphatic rings. The molecule has 0 aliphatic carbocycles. The largest absolute Gasteiger partial charge is 0.468 e. The smallest absolute Gasteiger partial charge is 0.315 e. The minimum Gasteiger partial charge on any atom is -0.468 e. The molecule has 1 aromatic carbocycles. The van der Waals surface area contributed by atoms with Crippen LogP contribution in [-0.2, 0) is 20.8 Å². The van der Waals surface area contributed by atoms with Gasteiger partial charge in [-0.05, 0) is 33.6 Å². The van der Waals surface area contributed by atoms with Crippen molar-refractivity contribution in [3.8, 4) is 0 Å². The maximum atomic E-state index is 11.1. The highest BCUT2D eigenvalue weighted by atomic mass is 79.9. The second-order valence-corrected chi connectivity index (χ2v) is 5.67. The zero-order valence-electron chi connectivity index (χ0n) is 11.1. The first kappa shape index (κ1) is 16.5. The van der Waals surface area contributed by atoms with Gasteiger partial charge in [-0.1, -0.05) is 6.07 Å². The number of carbonyl (C=O) groups is 1. The molecule has 0 aromatic heterocycles. The molecule has 1 rings (SSSR count). The Kier molecular flexibility index (Phi) is 8.13. The molecule has 1 aromatic rings. The van der Waals surface area contributed by atoms with Crippen LogP contribution in [0.2, 0.25) is 0 Å². The predicted octanol–water partition coefficient (Wildman–Crippen LogP) is 2.45. The van der Waals surface area contributed by atoms with E-state index in [2.05, 4.69) is 32.0 Å². The van der Waals surface area contributed by atoms with Gasteiger partial charge >= 0.3 is 5.97 Å². The van der Waals surface area contributed by atoms with Crippen LogP contribution < -0.4 is 5.32 Å². The number of rotatable bonds is 8. The molecule has 4 nitrogen and oxygen atoms in total. The molecule has 0 saturated carbocycles. The van der Waals surface area contributed by atoms with Crippen molar-refractivity contribution in [2.45, 2.75) is 11.4 Å². The van der Waals surface area contributed by atoms with Gasteiger partial charge in [-0.25, -0.2) is 0 Å². The van der Waals surface area contributed by atoms with Gasteiger partial charge in [0.2, 0.25) is 0 Å². The molecule has 1 N–H and O–H groups in total. The Morgan fingerprint density at radius 2 is 2.21 bits per heavy atom. The first-order valence-corrected chi connectivity index (χ1v) is 7.63. The molecule has 0 amide bonds. The molecule has 19 heavy (non-hydrogen) atoms. The lowest BCUT2D eigenvalue weighted by molar-refractivity contribution is -0.137. The van der Waals surface area contributed by atoms with Gasteiger partial charge in [0, 0.05) is 29.6 Å². The highest BCUT2D eigenvalue weighted by molar-refractivity contribution is 9.10. The summed E-state index contributed by atoms with van der Waals surface area (Å²) < 4.78 is 10.6. The van der Waals surface area contributed by atoms with Crippen molar-refractivity contribution >= 4 is 33.7 Å². The van der Waals surface area contributed by atoms with Crippen molar-refractivity contribution in [1.82, 2.24) is 5.32 Å². The molecule has 0 fully saturated rings. The number of hydrogen-bond donors (Lipinski definition) is 1. The van der Waals surface area contributed by atoms with Crippen LogP contribution >= 0.6 is 27.7 Å². The van der Waals surface area contributed by atoms with Crippen LogP contribution in [0.15, 0.2) is 27.6 Å². The average Bonchev–Trinajstić information content (AvgIpc) is 2.42. The lowest BCUT2D eigenvalue weighted by Gasteiger charge is -2.08. The maximum absolute atomic E-state index is 11.1. The number of nitrogens with one attached hydrogen (secondary N) is 1. The molecule has 0 heterocycles. The van der Waals surface area contributed by atoms with Gasteiger partial charge in [0.1, 0.15) is 0 Å². The third-order valence-electron chi connectivity index (χ3n) is 2.38. The van der Waals surface area contributed by atoms with Crippen LogP contribution in [0.3, 0.4) is 0 Å². The van der Waals surface area contributed by atoms with Crippen molar-refractivity contribution in [2.24, 2.45) is 0 Å². The van der Waals surface area contributed by atoms with Crippen molar-refractivity contribution in [2.75, 3.05) is 33.1 Å². The first-order chi connectivity index (χ1) is 9.17. The van der Waals surface area contributed by atoms with Gasteiger partial charge in [0.15, 0.2) is 0 Å². The fourth-order valence-electron chi connectivity index (χ4n) is 1.37. The third-order valence-corrected chi connectivity index (χ3v) is 4.35. The number of benzene rings is 1. The molecule has 6 heteroatoms. The van der Waals surface area contributed by atoms with E-state index in [1.54, 1.807) is 7.11 Å². The van der Waals surface area contributed by atoms with Crippen LogP contribution in [0.5, 0.6) is 0 Å². The summed E-state index contributed by atoms with van der Waals surface area (Å²) in [6, 6.07) is 6.11. The fraction of sp³-hybridized carbons (Fsp3) is 0.462. The maximum Gasteiger partial charge on any atom is 0.315 e. The standard InChI is InChI=1S/C13H18BrNO3S/c1-17-6-5-15-8-10-3-4-12(11(14)7-10)19-9-13(16)18-2/h3-4,7,15H,5-6,8-9H2,1-2H3. The summed E-state index contributed by atoms with van der Waals surface area (Å²) in [6.45, 7) is 2.32. The zero-order chi connectivity index (χ0) is 14.1. The third kappa shape index (κ3) is 6.42. The minimum absolute atomic E-state index is 0.220. The fourth-order valence-corrected chi connectivity index (χ4v) is 2.90. The quantitative estimate of drug-likeness (QED) is 0.444. The molecule has 0 spiro atoms. The molecule has 0 saturated heterocycles. The summed E-state index contributed by atoms with van der Waals surface area (Å²) in [5, 5.41) is 3.28. The molecular formula is C13H18BrNO3S. The van der Waals surface area contributed by atoms with E-state index in [9.17, 15) is 4.79 Å². The van der Waals surface area contributed by atoms with Crippen LogP contribution in [0.25, 0.3) is 0 Å². The van der Waals surface area contributed by atoms with E-state index >= 15 is 0 Å². The number of thioether (sulfide) groups is 1. The van der Waals surface area contributed by atoms with Gasteiger partial charge in [-0.3, -0.25) is 4.79 Å². The SMILES string of the molecule is COCCNCc1ccc(SCC(=O)OC)c(Br)c1. The summed E-state index contributed by atoms with van der Waals surface area (Å²) in [5.41, 5.74) is 1.19. The van der Waals surface area contributed by atoms with Gasteiger partial charge in [-0.15, -0.1) is 11.8 Å². The number of hydrogen-bond acceptors (Lipinski definition) is 5. The topological polar surface area (TPSA) is 47.6 Å². The van der Waals surface area contributed by atoms with Crippen molar-refractivity contribution < 1.29 is 14.3 Å². The second kappa shape index (κ2) is 9.36. The van der Waals surface area contributed by atoms with E-state index in [-0.39, 0.29) is 5.97 Å². The molecule has 0 atom stereocenters. The summed E-state index contributed by atoms with van der Waals surface area (Å²) >= 11 is 4.97. The van der Waals surface area contributed by atoms with Crippen LogP contribution in [0.1, 0.15) is 5.56 Å². The molecular weight excluding hydrogens is 330 g/mol. The number of esters is 1. The highest BCUT2D eigenvalue weighted by Crippen LogP contribution is 2.28. The first-order valence-electron chi connectivity index (χ1n) is 5.85. The average molecular weight is 348 g/mol. The minimum atomic E-state index is -0.220. The lowest BCUT2D eigenvalue weighted by atomic mass is 10.2. The van der Waals surface area contributed by atoms with E-state index in [4.69, 9.17) is 4.74 Å².